The van der Waals surface area contributed by atoms with Crippen molar-refractivity contribution in [2.75, 3.05) is 16.8 Å². The monoisotopic (exact) mass is 372 g/mol. The maximum Gasteiger partial charge on any atom is 0.322 e. The smallest absolute Gasteiger partial charge is 0.322 e. The third-order valence-corrected chi connectivity index (χ3v) is 6.32. The van der Waals surface area contributed by atoms with E-state index in [4.69, 9.17) is 4.52 Å². The van der Waals surface area contributed by atoms with E-state index in [0.717, 1.165) is 49.2 Å². The topological polar surface area (TPSA) is 80.0 Å². The van der Waals surface area contributed by atoms with Crippen LogP contribution in [0, 0.1) is 5.92 Å². The second-order valence-electron chi connectivity index (χ2n) is 7.05. The molecule has 7 heteroatoms. The van der Waals surface area contributed by atoms with Crippen LogP contribution in [0.15, 0.2) is 34.9 Å². The van der Waals surface area contributed by atoms with Gasteiger partial charge in [-0.1, -0.05) is 35.5 Å². The second-order valence-corrected chi connectivity index (χ2v) is 8.20. The lowest BCUT2D eigenvalue weighted by molar-refractivity contribution is -0.126. The van der Waals surface area contributed by atoms with E-state index in [9.17, 15) is 4.79 Å². The van der Waals surface area contributed by atoms with E-state index >= 15 is 0 Å². The van der Waals surface area contributed by atoms with Crippen molar-refractivity contribution in [2.24, 2.45) is 5.92 Å². The summed E-state index contributed by atoms with van der Waals surface area (Å²) in [6.07, 6.45) is 4.81. The number of nitrogens with zero attached hydrogens (tertiary/aromatic N) is 2. The van der Waals surface area contributed by atoms with Gasteiger partial charge in [0.05, 0.1) is 0 Å². The third kappa shape index (κ3) is 4.20. The van der Waals surface area contributed by atoms with Crippen LogP contribution in [0.25, 0.3) is 11.4 Å². The summed E-state index contributed by atoms with van der Waals surface area (Å²) in [6, 6.07) is 10.9. The van der Waals surface area contributed by atoms with Crippen molar-refractivity contribution in [1.82, 2.24) is 15.5 Å². The molecule has 1 amide bonds. The number of rotatable bonds is 5. The summed E-state index contributed by atoms with van der Waals surface area (Å²) in [5, 5.41) is 10.6. The zero-order valence-corrected chi connectivity index (χ0v) is 15.5. The van der Waals surface area contributed by atoms with Crippen LogP contribution in [0.3, 0.4) is 0 Å². The summed E-state index contributed by atoms with van der Waals surface area (Å²) in [4.78, 5) is 16.8. The Kier molecular flexibility index (Phi) is 5.43. The van der Waals surface area contributed by atoms with Gasteiger partial charge in [-0.05, 0) is 37.9 Å². The predicted molar refractivity (Wildman–Crippen MR) is 103 cm³/mol. The van der Waals surface area contributed by atoms with Gasteiger partial charge in [0.15, 0.2) is 0 Å². The first-order valence-electron chi connectivity index (χ1n) is 9.32. The number of aromatic nitrogens is 2. The number of hydrogen-bond acceptors (Lipinski definition) is 6. The largest absolute Gasteiger partial charge is 0.352 e. The SMILES string of the molecule is O=C(NC1CCSC1)C1CCC(Nc2nc(-c3ccccc3)no2)CC1. The van der Waals surface area contributed by atoms with Crippen molar-refractivity contribution in [3.05, 3.63) is 30.3 Å². The van der Waals surface area contributed by atoms with Gasteiger partial charge in [0.1, 0.15) is 0 Å². The first-order chi connectivity index (χ1) is 12.8. The summed E-state index contributed by atoms with van der Waals surface area (Å²) in [5.74, 6) is 3.19. The minimum atomic E-state index is 0.140. The summed E-state index contributed by atoms with van der Waals surface area (Å²) in [7, 11) is 0. The van der Waals surface area contributed by atoms with E-state index < -0.39 is 0 Å². The van der Waals surface area contributed by atoms with E-state index in [0.29, 0.717) is 17.9 Å². The molecular weight excluding hydrogens is 348 g/mol. The highest BCUT2D eigenvalue weighted by Crippen LogP contribution is 2.28. The summed E-state index contributed by atoms with van der Waals surface area (Å²) in [5.41, 5.74) is 0.940. The van der Waals surface area contributed by atoms with Crippen LogP contribution in [0.1, 0.15) is 32.1 Å². The Morgan fingerprint density at radius 3 is 2.62 bits per heavy atom. The molecule has 1 unspecified atom stereocenters. The number of carbonyl (C=O) groups excluding carboxylic acids is 1. The van der Waals surface area contributed by atoms with Crippen molar-refractivity contribution >= 4 is 23.7 Å². The van der Waals surface area contributed by atoms with Crippen LogP contribution in [0.5, 0.6) is 0 Å². The molecule has 0 radical (unpaired) electrons. The molecule has 2 fully saturated rings. The second kappa shape index (κ2) is 8.12. The maximum absolute atomic E-state index is 12.4. The van der Waals surface area contributed by atoms with E-state index in [1.807, 2.05) is 42.1 Å². The quantitative estimate of drug-likeness (QED) is 0.838. The Bertz CT molecular complexity index is 722. The molecule has 1 saturated heterocycles. The van der Waals surface area contributed by atoms with Crippen molar-refractivity contribution in [3.63, 3.8) is 0 Å². The Balaban J connectivity index is 1.26. The molecule has 2 aliphatic rings. The molecular formula is C19H24N4O2S. The lowest BCUT2D eigenvalue weighted by Crippen LogP contribution is -2.41. The van der Waals surface area contributed by atoms with Crippen LogP contribution in [-0.4, -0.2) is 39.6 Å². The van der Waals surface area contributed by atoms with Gasteiger partial charge < -0.3 is 15.2 Å². The fourth-order valence-electron chi connectivity index (χ4n) is 3.63. The molecule has 2 heterocycles. The molecule has 1 aromatic carbocycles. The van der Waals surface area contributed by atoms with Crippen molar-refractivity contribution in [1.29, 1.82) is 0 Å². The Morgan fingerprint density at radius 2 is 1.88 bits per heavy atom. The highest BCUT2D eigenvalue weighted by molar-refractivity contribution is 7.99. The molecule has 6 nitrogen and oxygen atoms in total. The van der Waals surface area contributed by atoms with Crippen LogP contribution in [0.2, 0.25) is 0 Å². The van der Waals surface area contributed by atoms with Gasteiger partial charge in [-0.2, -0.15) is 16.7 Å². The summed E-state index contributed by atoms with van der Waals surface area (Å²) in [6.45, 7) is 0. The number of benzene rings is 1. The van der Waals surface area contributed by atoms with Crippen molar-refractivity contribution < 1.29 is 9.32 Å². The van der Waals surface area contributed by atoms with Crippen LogP contribution >= 0.6 is 11.8 Å². The molecule has 4 rings (SSSR count). The molecule has 1 atom stereocenters. The molecule has 1 aromatic heterocycles. The minimum Gasteiger partial charge on any atom is -0.352 e. The fraction of sp³-hybridized carbons (Fsp3) is 0.526. The normalized spacial score (nSPS) is 25.8. The molecule has 1 saturated carbocycles. The number of nitrogens with one attached hydrogen (secondary N) is 2. The first kappa shape index (κ1) is 17.4. The van der Waals surface area contributed by atoms with Gasteiger partial charge in [0, 0.05) is 29.3 Å². The van der Waals surface area contributed by atoms with Gasteiger partial charge in [0.2, 0.25) is 11.7 Å². The number of carbonyl (C=O) groups is 1. The standard InChI is InChI=1S/C19H24N4O2S/c24-18(20-16-10-11-26-12-16)14-6-8-15(9-7-14)21-19-22-17(23-25-19)13-4-2-1-3-5-13/h1-5,14-16H,6-12H2,(H,20,24)(H,21,22,23). The van der Waals surface area contributed by atoms with Gasteiger partial charge in [-0.3, -0.25) is 4.79 Å². The Hall–Kier alpha value is -2.02. The zero-order valence-electron chi connectivity index (χ0n) is 14.7. The number of hydrogen-bond donors (Lipinski definition) is 2. The number of amides is 1. The van der Waals surface area contributed by atoms with Crippen LogP contribution in [-0.2, 0) is 4.79 Å². The van der Waals surface area contributed by atoms with Crippen LogP contribution in [0.4, 0.5) is 6.01 Å². The Labute approximate surface area is 157 Å². The van der Waals surface area contributed by atoms with E-state index in [1.54, 1.807) is 0 Å². The molecule has 1 aliphatic carbocycles. The average molecular weight is 372 g/mol. The van der Waals surface area contributed by atoms with E-state index in [1.165, 1.54) is 0 Å². The third-order valence-electron chi connectivity index (χ3n) is 5.16. The lowest BCUT2D eigenvalue weighted by Gasteiger charge is -2.28. The van der Waals surface area contributed by atoms with Crippen molar-refractivity contribution in [2.45, 2.75) is 44.2 Å². The highest BCUT2D eigenvalue weighted by Gasteiger charge is 2.29. The maximum atomic E-state index is 12.4. The zero-order chi connectivity index (χ0) is 17.8. The average Bonchev–Trinajstić information content (AvgIpc) is 3.35. The molecule has 2 N–H and O–H groups in total. The van der Waals surface area contributed by atoms with Gasteiger partial charge >= 0.3 is 6.01 Å². The van der Waals surface area contributed by atoms with Crippen LogP contribution < -0.4 is 10.6 Å². The predicted octanol–water partition coefficient (Wildman–Crippen LogP) is 3.33. The van der Waals surface area contributed by atoms with Crippen molar-refractivity contribution in [3.8, 4) is 11.4 Å². The first-order valence-corrected chi connectivity index (χ1v) is 10.5. The fourth-order valence-corrected chi connectivity index (χ4v) is 4.78. The number of anilines is 1. The molecule has 26 heavy (non-hydrogen) atoms. The van der Waals surface area contributed by atoms with Gasteiger partial charge in [-0.15, -0.1) is 0 Å². The molecule has 2 aromatic rings. The molecule has 1 aliphatic heterocycles. The van der Waals surface area contributed by atoms with Gasteiger partial charge in [-0.25, -0.2) is 0 Å². The van der Waals surface area contributed by atoms with E-state index in [2.05, 4.69) is 20.8 Å². The summed E-state index contributed by atoms with van der Waals surface area (Å²) >= 11 is 1.92. The Morgan fingerprint density at radius 1 is 1.08 bits per heavy atom. The molecule has 0 bridgehead atoms. The molecule has 0 spiro atoms. The highest BCUT2D eigenvalue weighted by atomic mass is 32.2. The van der Waals surface area contributed by atoms with Gasteiger partial charge in [0.25, 0.3) is 0 Å². The minimum absolute atomic E-state index is 0.140. The lowest BCUT2D eigenvalue weighted by atomic mass is 9.85. The van der Waals surface area contributed by atoms with E-state index in [-0.39, 0.29) is 17.9 Å². The number of thioether (sulfide) groups is 1. The molecule has 138 valence electrons. The summed E-state index contributed by atoms with van der Waals surface area (Å²) < 4.78 is 5.33.